The number of rotatable bonds is 4. The van der Waals surface area contributed by atoms with Crippen molar-refractivity contribution >= 4 is 39.9 Å². The number of benzene rings is 2. The standard InChI is InChI=1S/C16H11ClN6O/c17-10-4-5-14-12(7-10)21-16(24-14)9-2-1-3-11(6-9)22-23-13(8-18)15(19)20/h1-7,22H,(H3,19,20)/b23-13+. The molecule has 0 radical (unpaired) electrons. The second-order valence-corrected chi connectivity index (χ2v) is 5.25. The Labute approximate surface area is 141 Å². The number of hydrogen-bond donors (Lipinski definition) is 3. The van der Waals surface area contributed by atoms with E-state index in [-0.39, 0.29) is 5.71 Å². The van der Waals surface area contributed by atoms with Crippen LogP contribution in [0.1, 0.15) is 0 Å². The van der Waals surface area contributed by atoms with Gasteiger partial charge in [0, 0.05) is 10.6 Å². The fraction of sp³-hybridized carbons (Fsp3) is 0. The Balaban J connectivity index is 1.92. The van der Waals surface area contributed by atoms with Gasteiger partial charge in [-0.15, -0.1) is 0 Å². The van der Waals surface area contributed by atoms with Gasteiger partial charge in [-0.05, 0) is 36.4 Å². The number of fused-ring (bicyclic) bond motifs is 1. The van der Waals surface area contributed by atoms with Crippen molar-refractivity contribution in [3.63, 3.8) is 0 Å². The summed E-state index contributed by atoms with van der Waals surface area (Å²) < 4.78 is 5.71. The summed E-state index contributed by atoms with van der Waals surface area (Å²) in [6, 6.07) is 14.1. The molecule has 0 saturated carbocycles. The molecule has 1 aromatic heterocycles. The van der Waals surface area contributed by atoms with Gasteiger partial charge in [0.25, 0.3) is 0 Å². The molecule has 7 nitrogen and oxygen atoms in total. The highest BCUT2D eigenvalue weighted by Gasteiger charge is 2.09. The van der Waals surface area contributed by atoms with Crippen molar-refractivity contribution in [3.8, 4) is 17.5 Å². The molecule has 24 heavy (non-hydrogen) atoms. The van der Waals surface area contributed by atoms with Gasteiger partial charge in [-0.1, -0.05) is 17.7 Å². The van der Waals surface area contributed by atoms with Crippen LogP contribution in [-0.4, -0.2) is 16.5 Å². The van der Waals surface area contributed by atoms with Gasteiger partial charge in [-0.2, -0.15) is 10.4 Å². The van der Waals surface area contributed by atoms with Crippen molar-refractivity contribution in [2.24, 2.45) is 10.8 Å². The van der Waals surface area contributed by atoms with E-state index in [0.29, 0.717) is 27.7 Å². The lowest BCUT2D eigenvalue weighted by Crippen LogP contribution is -2.21. The molecule has 0 aliphatic carbocycles. The molecule has 3 rings (SSSR count). The van der Waals surface area contributed by atoms with Crippen LogP contribution in [-0.2, 0) is 0 Å². The third-order valence-corrected chi connectivity index (χ3v) is 3.35. The number of hydrogen-bond acceptors (Lipinski definition) is 6. The summed E-state index contributed by atoms with van der Waals surface area (Å²) in [5.41, 5.74) is 10.4. The molecule has 3 aromatic rings. The highest BCUT2D eigenvalue weighted by atomic mass is 35.5. The zero-order valence-corrected chi connectivity index (χ0v) is 13.0. The Bertz CT molecular complexity index is 1000. The largest absolute Gasteiger partial charge is 0.436 e. The SMILES string of the molecule is N#C/C(=N\Nc1cccc(-c2nc3cc(Cl)ccc3o2)c1)C(=N)N. The van der Waals surface area contributed by atoms with Crippen molar-refractivity contribution in [1.29, 1.82) is 10.7 Å². The second-order valence-electron chi connectivity index (χ2n) is 4.81. The minimum Gasteiger partial charge on any atom is -0.436 e. The first-order valence-corrected chi connectivity index (χ1v) is 7.19. The van der Waals surface area contributed by atoms with Crippen LogP contribution in [0.5, 0.6) is 0 Å². The number of anilines is 1. The van der Waals surface area contributed by atoms with E-state index < -0.39 is 5.84 Å². The van der Waals surface area contributed by atoms with Crippen LogP contribution in [0.3, 0.4) is 0 Å². The van der Waals surface area contributed by atoms with Gasteiger partial charge < -0.3 is 10.2 Å². The van der Waals surface area contributed by atoms with Crippen molar-refractivity contribution in [3.05, 3.63) is 47.5 Å². The Morgan fingerprint density at radius 1 is 1.33 bits per heavy atom. The summed E-state index contributed by atoms with van der Waals surface area (Å²) in [5.74, 6) is 0.0314. The van der Waals surface area contributed by atoms with Crippen LogP contribution >= 0.6 is 11.6 Å². The molecule has 0 atom stereocenters. The molecule has 0 bridgehead atoms. The van der Waals surface area contributed by atoms with E-state index in [4.69, 9.17) is 32.4 Å². The first-order chi connectivity index (χ1) is 11.6. The Morgan fingerprint density at radius 3 is 2.92 bits per heavy atom. The van der Waals surface area contributed by atoms with Crippen LogP contribution in [0, 0.1) is 16.7 Å². The number of aromatic nitrogens is 1. The number of nitrogens with one attached hydrogen (secondary N) is 2. The lowest BCUT2D eigenvalue weighted by atomic mass is 10.2. The third kappa shape index (κ3) is 3.19. The van der Waals surface area contributed by atoms with Gasteiger partial charge in [0.1, 0.15) is 11.6 Å². The van der Waals surface area contributed by atoms with Crippen LogP contribution in [0.4, 0.5) is 5.69 Å². The molecule has 0 aliphatic rings. The molecule has 0 fully saturated rings. The number of amidine groups is 1. The van der Waals surface area contributed by atoms with E-state index in [9.17, 15) is 0 Å². The zero-order valence-electron chi connectivity index (χ0n) is 12.2. The number of nitrogens with zero attached hydrogens (tertiary/aromatic N) is 3. The van der Waals surface area contributed by atoms with Gasteiger partial charge in [-0.25, -0.2) is 4.98 Å². The Hall–Kier alpha value is -3.37. The topological polar surface area (TPSA) is 124 Å². The summed E-state index contributed by atoms with van der Waals surface area (Å²) in [6.07, 6.45) is 0. The zero-order chi connectivity index (χ0) is 17.1. The fourth-order valence-corrected chi connectivity index (χ4v) is 2.18. The van der Waals surface area contributed by atoms with Crippen molar-refractivity contribution in [1.82, 2.24) is 4.98 Å². The van der Waals surface area contributed by atoms with E-state index in [1.165, 1.54) is 0 Å². The van der Waals surface area contributed by atoms with Gasteiger partial charge in [0.2, 0.25) is 11.6 Å². The van der Waals surface area contributed by atoms with Crippen molar-refractivity contribution in [2.45, 2.75) is 0 Å². The maximum Gasteiger partial charge on any atom is 0.227 e. The summed E-state index contributed by atoms with van der Waals surface area (Å²) in [6.45, 7) is 0. The van der Waals surface area contributed by atoms with E-state index in [1.54, 1.807) is 42.5 Å². The highest BCUT2D eigenvalue weighted by Crippen LogP contribution is 2.27. The molecule has 0 amide bonds. The summed E-state index contributed by atoms with van der Waals surface area (Å²) in [5, 5.41) is 20.4. The van der Waals surface area contributed by atoms with Gasteiger partial charge in [0.05, 0.1) is 5.69 Å². The molecule has 2 aromatic carbocycles. The maximum absolute atomic E-state index is 8.83. The summed E-state index contributed by atoms with van der Waals surface area (Å²) in [7, 11) is 0. The minimum absolute atomic E-state index is 0.197. The van der Waals surface area contributed by atoms with Gasteiger partial charge in [0.15, 0.2) is 11.4 Å². The van der Waals surface area contributed by atoms with E-state index in [1.807, 2.05) is 6.07 Å². The molecular weight excluding hydrogens is 328 g/mol. The number of nitriles is 1. The van der Waals surface area contributed by atoms with Crippen LogP contribution in [0.2, 0.25) is 5.02 Å². The van der Waals surface area contributed by atoms with E-state index in [0.717, 1.165) is 5.56 Å². The normalized spacial score (nSPS) is 11.2. The smallest absolute Gasteiger partial charge is 0.227 e. The average molecular weight is 339 g/mol. The minimum atomic E-state index is -0.406. The molecule has 1 heterocycles. The second kappa shape index (κ2) is 6.40. The molecule has 0 saturated heterocycles. The van der Waals surface area contributed by atoms with Gasteiger partial charge >= 0.3 is 0 Å². The number of hydrazone groups is 1. The highest BCUT2D eigenvalue weighted by molar-refractivity contribution is 6.45. The number of halogens is 1. The predicted octanol–water partition coefficient (Wildman–Crippen LogP) is 3.38. The molecular formula is C16H11ClN6O. The lowest BCUT2D eigenvalue weighted by molar-refractivity contribution is 0.620. The first-order valence-electron chi connectivity index (χ1n) is 6.81. The fourth-order valence-electron chi connectivity index (χ4n) is 2.01. The molecule has 4 N–H and O–H groups in total. The Kier molecular flexibility index (Phi) is 4.14. The van der Waals surface area contributed by atoms with Crippen molar-refractivity contribution < 1.29 is 4.42 Å². The molecule has 0 aliphatic heterocycles. The van der Waals surface area contributed by atoms with Crippen LogP contribution in [0.15, 0.2) is 52.0 Å². The van der Waals surface area contributed by atoms with E-state index >= 15 is 0 Å². The average Bonchev–Trinajstić information content (AvgIpc) is 2.98. The Morgan fingerprint density at radius 2 is 2.17 bits per heavy atom. The number of oxazole rings is 1. The van der Waals surface area contributed by atoms with Crippen LogP contribution in [0.25, 0.3) is 22.6 Å². The summed E-state index contributed by atoms with van der Waals surface area (Å²) >= 11 is 5.95. The summed E-state index contributed by atoms with van der Waals surface area (Å²) in [4.78, 5) is 4.40. The molecule has 8 heteroatoms. The van der Waals surface area contributed by atoms with Crippen molar-refractivity contribution in [2.75, 3.05) is 5.43 Å². The molecule has 0 spiro atoms. The van der Waals surface area contributed by atoms with E-state index in [2.05, 4.69) is 15.5 Å². The first kappa shape index (κ1) is 15.5. The van der Waals surface area contributed by atoms with Gasteiger partial charge in [-0.3, -0.25) is 10.8 Å². The lowest BCUT2D eigenvalue weighted by Gasteiger charge is -2.02. The predicted molar refractivity (Wildman–Crippen MR) is 93.0 cm³/mol. The quantitative estimate of drug-likeness (QED) is 0.382. The molecule has 118 valence electrons. The number of nitrogens with two attached hydrogens (primary N) is 1. The monoisotopic (exact) mass is 338 g/mol. The van der Waals surface area contributed by atoms with Crippen LogP contribution < -0.4 is 11.2 Å². The molecule has 0 unspecified atom stereocenters. The maximum atomic E-state index is 8.83. The third-order valence-electron chi connectivity index (χ3n) is 3.12.